The van der Waals surface area contributed by atoms with E-state index >= 15 is 0 Å². The molecule has 0 saturated carbocycles. The number of piperidine rings is 1. The molecule has 0 aliphatic carbocycles. The lowest BCUT2D eigenvalue weighted by Crippen LogP contribution is -2.54. The van der Waals surface area contributed by atoms with E-state index in [2.05, 4.69) is 37.4 Å². The Labute approximate surface area is 199 Å². The molecule has 3 aromatic rings. The predicted octanol–water partition coefficient (Wildman–Crippen LogP) is 5.23. The minimum absolute atomic E-state index is 0.274. The molecule has 1 aromatic carbocycles. The van der Waals surface area contributed by atoms with Gasteiger partial charge in [-0.25, -0.2) is 14.8 Å². The van der Waals surface area contributed by atoms with E-state index in [-0.39, 0.29) is 11.6 Å². The van der Waals surface area contributed by atoms with Crippen molar-refractivity contribution in [3.8, 4) is 0 Å². The van der Waals surface area contributed by atoms with Crippen LogP contribution in [0.15, 0.2) is 36.8 Å². The number of nitrogens with one attached hydrogen (secondary N) is 3. The van der Waals surface area contributed by atoms with Crippen molar-refractivity contribution in [2.75, 3.05) is 18.4 Å². The molecule has 0 spiro atoms. The van der Waals surface area contributed by atoms with Crippen LogP contribution in [-0.2, 0) is 11.3 Å². The Hall–Kier alpha value is -2.84. The third kappa shape index (κ3) is 5.94. The van der Waals surface area contributed by atoms with Gasteiger partial charge in [0.15, 0.2) is 0 Å². The highest BCUT2D eigenvalue weighted by Crippen LogP contribution is 2.29. The van der Waals surface area contributed by atoms with Gasteiger partial charge in [0.05, 0.1) is 5.39 Å². The molecular weight excluding hydrogens is 440 g/mol. The number of fused-ring (bicyclic) bond motifs is 1. The van der Waals surface area contributed by atoms with E-state index in [1.807, 2.05) is 51.2 Å². The zero-order valence-corrected chi connectivity index (χ0v) is 20.3. The fraction of sp³-hybridized carbons (Fsp3) is 0.458. The van der Waals surface area contributed by atoms with Gasteiger partial charge in [-0.2, -0.15) is 0 Å². The van der Waals surface area contributed by atoms with E-state index in [0.29, 0.717) is 5.02 Å². The summed E-state index contributed by atoms with van der Waals surface area (Å²) in [7, 11) is 0. The van der Waals surface area contributed by atoms with Crippen molar-refractivity contribution in [1.82, 2.24) is 25.2 Å². The van der Waals surface area contributed by atoms with E-state index in [1.54, 1.807) is 6.33 Å². The fourth-order valence-electron chi connectivity index (χ4n) is 4.04. The number of hydrogen-bond donors (Lipinski definition) is 3. The highest BCUT2D eigenvalue weighted by atomic mass is 35.5. The van der Waals surface area contributed by atoms with Gasteiger partial charge >= 0.3 is 6.09 Å². The lowest BCUT2D eigenvalue weighted by Gasteiger charge is -2.40. The van der Waals surface area contributed by atoms with E-state index in [9.17, 15) is 4.79 Å². The number of hydrogen-bond acceptors (Lipinski definition) is 6. The van der Waals surface area contributed by atoms with Gasteiger partial charge in [-0.3, -0.25) is 4.90 Å². The van der Waals surface area contributed by atoms with E-state index in [4.69, 9.17) is 16.3 Å². The van der Waals surface area contributed by atoms with Crippen molar-refractivity contribution in [1.29, 1.82) is 0 Å². The Morgan fingerprint density at radius 1 is 1.21 bits per heavy atom. The molecular formula is C24H31ClN6O2. The van der Waals surface area contributed by atoms with Crippen LogP contribution in [0.1, 0.15) is 46.1 Å². The van der Waals surface area contributed by atoms with Crippen LogP contribution < -0.4 is 10.6 Å². The molecule has 2 aromatic heterocycles. The molecule has 1 aliphatic rings. The van der Waals surface area contributed by atoms with Crippen LogP contribution in [-0.4, -0.2) is 50.2 Å². The largest absolute Gasteiger partial charge is 0.444 e. The van der Waals surface area contributed by atoms with Crippen LogP contribution in [0.4, 0.5) is 16.3 Å². The number of likely N-dealkylation sites (tertiary alicyclic amines) is 1. The summed E-state index contributed by atoms with van der Waals surface area (Å²) in [4.78, 5) is 26.8. The molecule has 1 amide bonds. The summed E-state index contributed by atoms with van der Waals surface area (Å²) in [6.07, 6.45) is 4.89. The minimum atomic E-state index is -0.504. The number of carbonyl (C=O) groups is 1. The van der Waals surface area contributed by atoms with Crippen molar-refractivity contribution in [3.63, 3.8) is 0 Å². The third-order valence-electron chi connectivity index (χ3n) is 5.81. The van der Waals surface area contributed by atoms with Crippen LogP contribution in [0.25, 0.3) is 11.0 Å². The Morgan fingerprint density at radius 3 is 2.58 bits per heavy atom. The van der Waals surface area contributed by atoms with E-state index in [1.165, 1.54) is 0 Å². The summed E-state index contributed by atoms with van der Waals surface area (Å²) < 4.78 is 5.44. The first-order chi connectivity index (χ1) is 15.6. The van der Waals surface area contributed by atoms with Crippen LogP contribution >= 0.6 is 11.6 Å². The maximum absolute atomic E-state index is 12.2. The monoisotopic (exact) mass is 470 g/mol. The summed E-state index contributed by atoms with van der Waals surface area (Å²) in [5.74, 6) is 0.756. The highest BCUT2D eigenvalue weighted by molar-refractivity contribution is 6.30. The number of nitrogens with zero attached hydrogens (tertiary/aromatic N) is 3. The Morgan fingerprint density at radius 2 is 1.91 bits per heavy atom. The molecule has 3 N–H and O–H groups in total. The molecule has 1 fully saturated rings. The number of carbonyl (C=O) groups excluding carboxylic acids is 1. The smallest absolute Gasteiger partial charge is 0.408 e. The van der Waals surface area contributed by atoms with Crippen molar-refractivity contribution in [2.45, 2.75) is 58.2 Å². The van der Waals surface area contributed by atoms with Crippen molar-refractivity contribution in [3.05, 3.63) is 47.4 Å². The molecule has 9 heteroatoms. The Kier molecular flexibility index (Phi) is 6.50. The molecule has 33 heavy (non-hydrogen) atoms. The van der Waals surface area contributed by atoms with Crippen molar-refractivity contribution in [2.24, 2.45) is 0 Å². The molecule has 0 bridgehead atoms. The van der Waals surface area contributed by atoms with Gasteiger partial charge < -0.3 is 20.4 Å². The van der Waals surface area contributed by atoms with Crippen LogP contribution in [0.5, 0.6) is 0 Å². The number of ether oxygens (including phenoxy) is 1. The number of anilines is 2. The van der Waals surface area contributed by atoms with E-state index in [0.717, 1.165) is 60.6 Å². The second-order valence-electron chi connectivity index (χ2n) is 9.86. The fourth-order valence-corrected chi connectivity index (χ4v) is 4.16. The standard InChI is InChI=1S/C24H31ClN6O2/c1-23(2,3)33-22(32)30-24(4)9-11-31(12-10-24)14-16-13-26-20-19(16)21(28-15-27-20)29-18-7-5-17(25)6-8-18/h5-8,13,15H,9-12,14H2,1-4H3,(H,30,32)(H2,26,27,28,29). The number of rotatable bonds is 5. The first kappa shape index (κ1) is 23.3. The summed E-state index contributed by atoms with van der Waals surface area (Å²) in [6.45, 7) is 10.2. The molecule has 3 heterocycles. The number of benzene rings is 1. The van der Waals surface area contributed by atoms with Gasteiger partial charge in [0.25, 0.3) is 0 Å². The molecule has 4 rings (SSSR count). The predicted molar refractivity (Wildman–Crippen MR) is 131 cm³/mol. The van der Waals surface area contributed by atoms with Gasteiger partial charge in [-0.15, -0.1) is 0 Å². The molecule has 0 atom stereocenters. The number of alkyl carbamates (subject to hydrolysis) is 1. The van der Waals surface area contributed by atoms with Crippen molar-refractivity contribution < 1.29 is 9.53 Å². The van der Waals surface area contributed by atoms with Crippen LogP contribution in [0.2, 0.25) is 5.02 Å². The number of aromatic nitrogens is 3. The topological polar surface area (TPSA) is 95.2 Å². The zero-order valence-electron chi connectivity index (χ0n) is 19.5. The quantitative estimate of drug-likeness (QED) is 0.472. The normalized spacial score (nSPS) is 16.5. The second-order valence-corrected chi connectivity index (χ2v) is 10.3. The molecule has 0 radical (unpaired) electrons. The van der Waals surface area contributed by atoms with Gasteiger partial charge in [-0.1, -0.05) is 11.6 Å². The average molecular weight is 471 g/mol. The summed E-state index contributed by atoms with van der Waals surface area (Å²) in [5.41, 5.74) is 2.06. The number of aromatic amines is 1. The number of H-pyrrole nitrogens is 1. The second kappa shape index (κ2) is 9.19. The maximum atomic E-state index is 12.2. The SMILES string of the molecule is CC1(NC(=O)OC(C)(C)C)CCN(Cc2c[nH]c3ncnc(Nc4ccc(Cl)cc4)c23)CC1. The summed E-state index contributed by atoms with van der Waals surface area (Å²) >= 11 is 6.01. The Bertz CT molecular complexity index is 1110. The van der Waals surface area contributed by atoms with Crippen LogP contribution in [0.3, 0.4) is 0 Å². The van der Waals surface area contributed by atoms with E-state index < -0.39 is 5.60 Å². The molecule has 8 nitrogen and oxygen atoms in total. The first-order valence-electron chi connectivity index (χ1n) is 11.2. The molecule has 1 saturated heterocycles. The van der Waals surface area contributed by atoms with Crippen LogP contribution in [0, 0.1) is 0 Å². The van der Waals surface area contributed by atoms with Gasteiger partial charge in [-0.05, 0) is 70.4 Å². The van der Waals surface area contributed by atoms with Gasteiger partial charge in [0.2, 0.25) is 0 Å². The Balaban J connectivity index is 1.43. The number of amides is 1. The third-order valence-corrected chi connectivity index (χ3v) is 6.07. The lowest BCUT2D eigenvalue weighted by atomic mass is 9.89. The number of halogens is 1. The van der Waals surface area contributed by atoms with Gasteiger partial charge in [0.1, 0.15) is 23.4 Å². The first-order valence-corrected chi connectivity index (χ1v) is 11.6. The minimum Gasteiger partial charge on any atom is -0.444 e. The van der Waals surface area contributed by atoms with Crippen molar-refractivity contribution >= 4 is 40.2 Å². The highest BCUT2D eigenvalue weighted by Gasteiger charge is 2.33. The maximum Gasteiger partial charge on any atom is 0.408 e. The van der Waals surface area contributed by atoms with Gasteiger partial charge in [0, 0.05) is 42.1 Å². The molecule has 0 unspecified atom stereocenters. The average Bonchev–Trinajstić information content (AvgIpc) is 3.14. The molecule has 176 valence electrons. The zero-order chi connectivity index (χ0) is 23.6. The summed E-state index contributed by atoms with van der Waals surface area (Å²) in [6, 6.07) is 7.53. The lowest BCUT2D eigenvalue weighted by molar-refractivity contribution is 0.0402. The molecule has 1 aliphatic heterocycles. The summed E-state index contributed by atoms with van der Waals surface area (Å²) in [5, 5.41) is 8.12.